The van der Waals surface area contributed by atoms with Gasteiger partial charge in [-0.15, -0.1) is 13.2 Å². The van der Waals surface area contributed by atoms with E-state index >= 15 is 0 Å². The lowest BCUT2D eigenvalue weighted by Gasteiger charge is -2.16. The number of hydrogen-bond donors (Lipinski definition) is 2. The predicted octanol–water partition coefficient (Wildman–Crippen LogP) is 1.50. The Hall–Kier alpha value is -1.80. The summed E-state index contributed by atoms with van der Waals surface area (Å²) in [7, 11) is 1.27. The summed E-state index contributed by atoms with van der Waals surface area (Å²) in [5, 5.41) is 2.27. The molecule has 0 aliphatic heterocycles. The van der Waals surface area contributed by atoms with Crippen molar-refractivity contribution in [1.29, 1.82) is 0 Å². The van der Waals surface area contributed by atoms with Crippen molar-refractivity contribution in [2.24, 2.45) is 5.73 Å². The summed E-state index contributed by atoms with van der Waals surface area (Å²) in [4.78, 5) is 11.6. The first-order valence-electron chi connectivity index (χ1n) is 5.26. The van der Waals surface area contributed by atoms with Crippen LogP contribution < -0.4 is 15.8 Å². The Morgan fingerprint density at radius 3 is 2.58 bits per heavy atom. The second kappa shape index (κ2) is 6.39. The van der Waals surface area contributed by atoms with E-state index in [1.165, 1.54) is 25.3 Å². The first-order valence-corrected chi connectivity index (χ1v) is 5.26. The minimum Gasteiger partial charge on any atom is -0.404 e. The molecule has 0 aliphatic carbocycles. The van der Waals surface area contributed by atoms with E-state index in [2.05, 4.69) is 10.1 Å². The third-order valence-corrected chi connectivity index (χ3v) is 2.16. The average Bonchev–Trinajstić information content (AvgIpc) is 2.31. The highest BCUT2D eigenvalue weighted by Crippen LogP contribution is 2.29. The molecular weight excluding hydrogens is 265 g/mol. The molecule has 1 amide bonds. The molecule has 0 radical (unpaired) electrons. The first kappa shape index (κ1) is 15.3. The zero-order valence-electron chi connectivity index (χ0n) is 10.0. The Morgan fingerprint density at radius 1 is 1.42 bits per heavy atom. The molecule has 1 atom stereocenters. The van der Waals surface area contributed by atoms with Gasteiger partial charge in [-0.1, -0.05) is 12.1 Å². The van der Waals surface area contributed by atoms with Crippen molar-refractivity contribution in [3.8, 4) is 5.75 Å². The van der Waals surface area contributed by atoms with Crippen molar-refractivity contribution in [3.63, 3.8) is 0 Å². The highest BCUT2D eigenvalue weighted by Gasteiger charge is 2.32. The van der Waals surface area contributed by atoms with Crippen LogP contribution in [0.2, 0.25) is 0 Å². The second-order valence-electron chi connectivity index (χ2n) is 3.49. The SMILES string of the molecule is COC(CN)C(=O)Nc1ccccc1OC(F)(F)F. The average molecular weight is 278 g/mol. The fourth-order valence-corrected chi connectivity index (χ4v) is 1.31. The zero-order valence-corrected chi connectivity index (χ0v) is 10.0. The topological polar surface area (TPSA) is 73.6 Å². The van der Waals surface area contributed by atoms with Crippen LogP contribution in [0.15, 0.2) is 24.3 Å². The number of hydrogen-bond acceptors (Lipinski definition) is 4. The van der Waals surface area contributed by atoms with Crippen molar-refractivity contribution in [2.75, 3.05) is 19.0 Å². The Kier molecular flexibility index (Phi) is 5.13. The minimum absolute atomic E-state index is 0.0926. The molecule has 3 N–H and O–H groups in total. The van der Waals surface area contributed by atoms with Crippen LogP contribution in [0.25, 0.3) is 0 Å². The normalized spacial score (nSPS) is 12.9. The number of amides is 1. The molecule has 0 aromatic heterocycles. The summed E-state index contributed by atoms with van der Waals surface area (Å²) in [5.41, 5.74) is 5.17. The molecule has 1 aromatic carbocycles. The van der Waals surface area contributed by atoms with Gasteiger partial charge in [-0.05, 0) is 12.1 Å². The van der Waals surface area contributed by atoms with Crippen molar-refractivity contribution in [2.45, 2.75) is 12.5 Å². The first-order chi connectivity index (χ1) is 8.87. The lowest BCUT2D eigenvalue weighted by Crippen LogP contribution is -2.36. The van der Waals surface area contributed by atoms with Gasteiger partial charge in [0.15, 0.2) is 5.75 Å². The van der Waals surface area contributed by atoms with Gasteiger partial charge in [0.25, 0.3) is 5.91 Å². The quantitative estimate of drug-likeness (QED) is 0.856. The molecule has 0 saturated heterocycles. The van der Waals surface area contributed by atoms with Crippen molar-refractivity contribution in [1.82, 2.24) is 0 Å². The number of benzene rings is 1. The Bertz CT molecular complexity index is 433. The maximum atomic E-state index is 12.2. The van der Waals surface area contributed by atoms with Gasteiger partial charge < -0.3 is 20.5 Å². The Labute approximate surface area is 107 Å². The number of methoxy groups -OCH3 is 1. The number of carbonyl (C=O) groups is 1. The van der Waals surface area contributed by atoms with Crippen molar-refractivity contribution in [3.05, 3.63) is 24.3 Å². The lowest BCUT2D eigenvalue weighted by molar-refractivity contribution is -0.274. The van der Waals surface area contributed by atoms with Gasteiger partial charge in [0, 0.05) is 13.7 Å². The molecule has 0 bridgehead atoms. The van der Waals surface area contributed by atoms with Crippen molar-refractivity contribution < 1.29 is 27.4 Å². The summed E-state index contributed by atoms with van der Waals surface area (Å²) >= 11 is 0. The third-order valence-electron chi connectivity index (χ3n) is 2.16. The summed E-state index contributed by atoms with van der Waals surface area (Å²) in [5.74, 6) is -1.15. The monoisotopic (exact) mass is 278 g/mol. The number of halogens is 3. The number of rotatable bonds is 5. The van der Waals surface area contributed by atoms with E-state index in [4.69, 9.17) is 10.5 Å². The van der Waals surface area contributed by atoms with Gasteiger partial charge in [0.1, 0.15) is 6.10 Å². The van der Waals surface area contributed by atoms with Crippen LogP contribution in [-0.4, -0.2) is 32.0 Å². The number of para-hydroxylation sites is 2. The molecule has 0 heterocycles. The summed E-state index contributed by atoms with van der Waals surface area (Å²) in [6, 6.07) is 5.19. The number of carbonyl (C=O) groups excluding carboxylic acids is 1. The molecule has 0 fully saturated rings. The zero-order chi connectivity index (χ0) is 14.5. The molecule has 0 spiro atoms. The Balaban J connectivity index is 2.86. The largest absolute Gasteiger partial charge is 0.573 e. The lowest BCUT2D eigenvalue weighted by atomic mass is 10.2. The van der Waals surface area contributed by atoms with Gasteiger partial charge in [0.2, 0.25) is 0 Å². The number of nitrogens with one attached hydrogen (secondary N) is 1. The fraction of sp³-hybridized carbons (Fsp3) is 0.364. The maximum absolute atomic E-state index is 12.2. The molecule has 1 rings (SSSR count). The van der Waals surface area contributed by atoms with E-state index in [-0.39, 0.29) is 12.2 Å². The van der Waals surface area contributed by atoms with Crippen LogP contribution in [-0.2, 0) is 9.53 Å². The van der Waals surface area contributed by atoms with E-state index in [9.17, 15) is 18.0 Å². The van der Waals surface area contributed by atoms with E-state index in [0.717, 1.165) is 6.07 Å². The van der Waals surface area contributed by atoms with Gasteiger partial charge in [-0.3, -0.25) is 4.79 Å². The van der Waals surface area contributed by atoms with Gasteiger partial charge in [0.05, 0.1) is 5.69 Å². The molecule has 19 heavy (non-hydrogen) atoms. The standard InChI is InChI=1S/C11H13F3N2O3/c1-18-9(6-15)10(17)16-7-4-2-3-5-8(7)19-11(12,13)14/h2-5,9H,6,15H2,1H3,(H,16,17). The molecule has 8 heteroatoms. The Morgan fingerprint density at radius 2 is 2.05 bits per heavy atom. The molecule has 106 valence electrons. The molecule has 5 nitrogen and oxygen atoms in total. The molecule has 1 unspecified atom stereocenters. The number of ether oxygens (including phenoxy) is 2. The van der Waals surface area contributed by atoms with Crippen LogP contribution in [0.1, 0.15) is 0 Å². The minimum atomic E-state index is -4.84. The van der Waals surface area contributed by atoms with Crippen LogP contribution in [0.4, 0.5) is 18.9 Å². The second-order valence-corrected chi connectivity index (χ2v) is 3.49. The predicted molar refractivity (Wildman–Crippen MR) is 61.6 cm³/mol. The van der Waals surface area contributed by atoms with E-state index in [1.807, 2.05) is 0 Å². The summed E-state index contributed by atoms with van der Waals surface area (Å²) in [6.07, 6.45) is -5.78. The fourth-order valence-electron chi connectivity index (χ4n) is 1.31. The van der Waals surface area contributed by atoms with Crippen molar-refractivity contribution >= 4 is 11.6 Å². The van der Waals surface area contributed by atoms with Crippen LogP contribution in [0.3, 0.4) is 0 Å². The van der Waals surface area contributed by atoms with Gasteiger partial charge >= 0.3 is 6.36 Å². The summed E-state index contributed by atoms with van der Waals surface area (Å²) < 4.78 is 45.1. The smallest absolute Gasteiger partial charge is 0.404 e. The molecular formula is C11H13F3N2O3. The maximum Gasteiger partial charge on any atom is 0.573 e. The van der Waals surface area contributed by atoms with E-state index in [1.54, 1.807) is 0 Å². The van der Waals surface area contributed by atoms with Crippen LogP contribution in [0.5, 0.6) is 5.75 Å². The molecule has 0 saturated carbocycles. The molecule has 0 aliphatic rings. The van der Waals surface area contributed by atoms with Crippen LogP contribution in [0, 0.1) is 0 Å². The highest BCUT2D eigenvalue weighted by molar-refractivity contribution is 5.95. The third kappa shape index (κ3) is 4.76. The van der Waals surface area contributed by atoms with Crippen LogP contribution >= 0.6 is 0 Å². The molecule has 1 aromatic rings. The number of alkyl halides is 3. The highest BCUT2D eigenvalue weighted by atomic mass is 19.4. The summed E-state index contributed by atoms with van der Waals surface area (Å²) in [6.45, 7) is -0.0926. The number of anilines is 1. The van der Waals surface area contributed by atoms with E-state index < -0.39 is 24.1 Å². The van der Waals surface area contributed by atoms with Gasteiger partial charge in [-0.25, -0.2) is 0 Å². The van der Waals surface area contributed by atoms with E-state index in [0.29, 0.717) is 0 Å². The van der Waals surface area contributed by atoms with Gasteiger partial charge in [-0.2, -0.15) is 0 Å². The number of nitrogens with two attached hydrogens (primary N) is 1.